The van der Waals surface area contributed by atoms with Crippen molar-refractivity contribution in [3.8, 4) is 28.8 Å². The molecule has 1 aliphatic heterocycles. The van der Waals surface area contributed by atoms with Crippen LogP contribution in [0.1, 0.15) is 22.6 Å². The van der Waals surface area contributed by atoms with Gasteiger partial charge in [0.25, 0.3) is 0 Å². The monoisotopic (exact) mass is 456 g/mol. The molecule has 1 atom stereocenters. The lowest BCUT2D eigenvalue weighted by Crippen LogP contribution is -2.15. The minimum Gasteiger partial charge on any atom is -0.497 e. The Kier molecular flexibility index (Phi) is 4.32. The first kappa shape index (κ1) is 19.7. The van der Waals surface area contributed by atoms with Crippen LogP contribution in [0.25, 0.3) is 27.8 Å². The average molecular weight is 457 g/mol. The molecule has 168 valence electrons. The van der Waals surface area contributed by atoms with Crippen molar-refractivity contribution in [1.82, 2.24) is 19.6 Å². The fraction of sp³-hybridized carbons (Fsp3) is 0.0690. The van der Waals surface area contributed by atoms with Crippen molar-refractivity contribution in [3.05, 3.63) is 114 Å². The third kappa shape index (κ3) is 3.07. The number of nitrogens with zero attached hydrogens (tertiary/aromatic N) is 4. The van der Waals surface area contributed by atoms with Crippen LogP contribution in [0.5, 0.6) is 17.4 Å². The Morgan fingerprint density at radius 1 is 0.857 bits per heavy atom. The first-order valence-corrected chi connectivity index (χ1v) is 11.4. The van der Waals surface area contributed by atoms with E-state index in [0.717, 1.165) is 50.2 Å². The van der Waals surface area contributed by atoms with Crippen LogP contribution in [0.4, 0.5) is 0 Å². The maximum atomic E-state index is 6.49. The molecule has 0 saturated carbocycles. The molecule has 6 heteroatoms. The minimum atomic E-state index is -0.0938. The summed E-state index contributed by atoms with van der Waals surface area (Å²) in [6.07, 6.45) is 1.67. The van der Waals surface area contributed by atoms with Gasteiger partial charge in [0.2, 0.25) is 5.88 Å². The summed E-state index contributed by atoms with van der Waals surface area (Å²) in [6, 6.07) is 30.7. The van der Waals surface area contributed by atoms with Crippen LogP contribution in [-0.4, -0.2) is 26.7 Å². The first-order chi connectivity index (χ1) is 17.3. The molecular formula is C29H20N4O2. The van der Waals surface area contributed by atoms with E-state index in [1.54, 1.807) is 18.0 Å². The summed E-state index contributed by atoms with van der Waals surface area (Å²) in [6.45, 7) is 0. The number of benzene rings is 4. The highest BCUT2D eigenvalue weighted by molar-refractivity contribution is 5.91. The van der Waals surface area contributed by atoms with Crippen molar-refractivity contribution < 1.29 is 9.47 Å². The molecular weight excluding hydrogens is 436 g/mol. The second-order valence-corrected chi connectivity index (χ2v) is 8.55. The summed E-state index contributed by atoms with van der Waals surface area (Å²) >= 11 is 0. The van der Waals surface area contributed by atoms with Crippen LogP contribution < -0.4 is 9.47 Å². The van der Waals surface area contributed by atoms with Gasteiger partial charge in [0.1, 0.15) is 17.8 Å². The zero-order chi connectivity index (χ0) is 23.4. The van der Waals surface area contributed by atoms with Crippen LogP contribution in [0.2, 0.25) is 0 Å². The Morgan fingerprint density at radius 3 is 2.49 bits per heavy atom. The lowest BCUT2D eigenvalue weighted by molar-refractivity contribution is 0.415. The maximum absolute atomic E-state index is 6.49. The number of aromatic nitrogens is 4. The third-order valence-corrected chi connectivity index (χ3v) is 6.58. The number of hydrogen-bond acceptors (Lipinski definition) is 5. The molecule has 0 aliphatic carbocycles. The summed E-state index contributed by atoms with van der Waals surface area (Å²) in [5.74, 6) is 2.72. The Hall–Kier alpha value is -4.71. The second-order valence-electron chi connectivity index (χ2n) is 8.55. The molecule has 0 N–H and O–H groups in total. The topological polar surface area (TPSA) is 61.5 Å². The van der Waals surface area contributed by atoms with E-state index in [4.69, 9.17) is 19.6 Å². The van der Waals surface area contributed by atoms with Crippen molar-refractivity contribution in [3.63, 3.8) is 0 Å². The van der Waals surface area contributed by atoms with Crippen LogP contribution in [0.3, 0.4) is 0 Å². The van der Waals surface area contributed by atoms with Gasteiger partial charge in [-0.25, -0.2) is 14.5 Å². The molecule has 6 aromatic rings. The molecule has 0 saturated heterocycles. The largest absolute Gasteiger partial charge is 0.497 e. The SMILES string of the molecule is COc1ccc(-c2nc3c4c(ncn3n2)Oc2c(ccc3ccccc23)C4c2ccccc2)cc1. The normalized spacial score (nSPS) is 14.4. The number of methoxy groups -OCH3 is 1. The quantitative estimate of drug-likeness (QED) is 0.315. The molecule has 6 nitrogen and oxygen atoms in total. The second kappa shape index (κ2) is 7.67. The minimum absolute atomic E-state index is 0.0938. The van der Waals surface area contributed by atoms with Crippen molar-refractivity contribution in [2.75, 3.05) is 7.11 Å². The van der Waals surface area contributed by atoms with E-state index in [1.165, 1.54) is 0 Å². The van der Waals surface area contributed by atoms with E-state index >= 15 is 0 Å². The predicted molar refractivity (Wildman–Crippen MR) is 134 cm³/mol. The van der Waals surface area contributed by atoms with E-state index < -0.39 is 0 Å². The van der Waals surface area contributed by atoms with Gasteiger partial charge in [-0.2, -0.15) is 0 Å². The van der Waals surface area contributed by atoms with Gasteiger partial charge in [0.15, 0.2) is 11.5 Å². The number of ether oxygens (including phenoxy) is 2. The van der Waals surface area contributed by atoms with E-state index in [2.05, 4.69) is 53.5 Å². The van der Waals surface area contributed by atoms with Gasteiger partial charge < -0.3 is 9.47 Å². The van der Waals surface area contributed by atoms with Gasteiger partial charge in [-0.3, -0.25) is 0 Å². The first-order valence-electron chi connectivity index (χ1n) is 11.4. The van der Waals surface area contributed by atoms with E-state index in [1.807, 2.05) is 42.5 Å². The van der Waals surface area contributed by atoms with Crippen LogP contribution in [0.15, 0.2) is 97.3 Å². The smallest absolute Gasteiger partial charge is 0.228 e. The van der Waals surface area contributed by atoms with Crippen molar-refractivity contribution in [1.29, 1.82) is 0 Å². The van der Waals surface area contributed by atoms with Crippen LogP contribution >= 0.6 is 0 Å². The predicted octanol–water partition coefficient (Wildman–Crippen LogP) is 6.24. The number of rotatable bonds is 3. The van der Waals surface area contributed by atoms with Gasteiger partial charge >= 0.3 is 0 Å². The van der Waals surface area contributed by atoms with E-state index in [-0.39, 0.29) is 5.92 Å². The summed E-state index contributed by atoms with van der Waals surface area (Å²) < 4.78 is 13.5. The average Bonchev–Trinajstić information content (AvgIpc) is 3.37. The Morgan fingerprint density at radius 2 is 1.66 bits per heavy atom. The third-order valence-electron chi connectivity index (χ3n) is 6.58. The lowest BCUT2D eigenvalue weighted by atomic mass is 9.83. The lowest BCUT2D eigenvalue weighted by Gasteiger charge is -2.28. The van der Waals surface area contributed by atoms with Gasteiger partial charge in [0.05, 0.1) is 12.7 Å². The van der Waals surface area contributed by atoms with Crippen LogP contribution in [0, 0.1) is 0 Å². The molecule has 1 unspecified atom stereocenters. The number of fused-ring (bicyclic) bond motifs is 6. The highest BCUT2D eigenvalue weighted by atomic mass is 16.5. The molecule has 0 fully saturated rings. The molecule has 7 rings (SSSR count). The summed E-state index contributed by atoms with van der Waals surface area (Å²) in [5.41, 5.74) is 4.79. The Balaban J connectivity index is 1.48. The molecule has 1 aliphatic rings. The zero-order valence-corrected chi connectivity index (χ0v) is 18.9. The van der Waals surface area contributed by atoms with Crippen molar-refractivity contribution in [2.45, 2.75) is 5.92 Å². The summed E-state index contributed by atoms with van der Waals surface area (Å²) in [5, 5.41) is 6.93. The molecule has 3 heterocycles. The molecule has 2 aromatic heterocycles. The van der Waals surface area contributed by atoms with E-state index in [9.17, 15) is 0 Å². The molecule has 0 radical (unpaired) electrons. The number of hydrogen-bond donors (Lipinski definition) is 0. The summed E-state index contributed by atoms with van der Waals surface area (Å²) in [7, 11) is 1.65. The molecule has 0 amide bonds. The van der Waals surface area contributed by atoms with Crippen LogP contribution in [-0.2, 0) is 0 Å². The van der Waals surface area contributed by atoms with Gasteiger partial charge in [-0.1, -0.05) is 66.7 Å². The fourth-order valence-electron chi connectivity index (χ4n) is 4.90. The van der Waals surface area contributed by atoms with Gasteiger partial charge in [-0.15, -0.1) is 5.10 Å². The zero-order valence-electron chi connectivity index (χ0n) is 18.9. The Labute approximate surface area is 201 Å². The van der Waals surface area contributed by atoms with Gasteiger partial charge in [0, 0.05) is 22.4 Å². The molecule has 4 aromatic carbocycles. The highest BCUT2D eigenvalue weighted by Gasteiger charge is 2.34. The van der Waals surface area contributed by atoms with Gasteiger partial charge in [-0.05, 0) is 35.2 Å². The molecule has 0 bridgehead atoms. The van der Waals surface area contributed by atoms with Crippen molar-refractivity contribution >= 4 is 16.4 Å². The standard InChI is InChI=1S/C29H20N4O2/c1-34-21-14-11-20(12-15-21)27-31-28-25-24(19-8-3-2-4-9-19)23-16-13-18-7-5-6-10-22(18)26(23)35-29(25)30-17-33(28)32-27/h2-17,24H,1H3. The molecule has 35 heavy (non-hydrogen) atoms. The molecule has 0 spiro atoms. The van der Waals surface area contributed by atoms with E-state index in [0.29, 0.717) is 11.7 Å². The highest BCUT2D eigenvalue weighted by Crippen LogP contribution is 2.50. The Bertz CT molecular complexity index is 1710. The fourth-order valence-corrected chi connectivity index (χ4v) is 4.90. The maximum Gasteiger partial charge on any atom is 0.228 e. The summed E-state index contributed by atoms with van der Waals surface area (Å²) in [4.78, 5) is 9.64. The van der Waals surface area contributed by atoms with Crippen molar-refractivity contribution in [2.24, 2.45) is 0 Å².